The first-order valence-electron chi connectivity index (χ1n) is 9.80. The Morgan fingerprint density at radius 1 is 1.03 bits per heavy atom. The van der Waals surface area contributed by atoms with Crippen LogP contribution in [0.15, 0.2) is 73.3 Å². The Labute approximate surface area is 188 Å². The maximum absolute atomic E-state index is 13.2. The third-order valence-corrected chi connectivity index (χ3v) is 4.23. The molecule has 162 valence electrons. The number of para-hydroxylation sites is 2. The molecule has 0 unspecified atom stereocenters. The van der Waals surface area contributed by atoms with Crippen LogP contribution in [0.2, 0.25) is 5.02 Å². The third-order valence-electron chi connectivity index (χ3n) is 3.99. The first-order chi connectivity index (χ1) is 14.6. The van der Waals surface area contributed by atoms with E-state index in [2.05, 4.69) is 17.2 Å². The van der Waals surface area contributed by atoms with Gasteiger partial charge in [0.25, 0.3) is 5.91 Å². The van der Waals surface area contributed by atoms with Gasteiger partial charge in [-0.2, -0.15) is 0 Å². The molecule has 2 aromatic rings. The number of benzene rings is 2. The quantitative estimate of drug-likeness (QED) is 0.473. The molecule has 31 heavy (non-hydrogen) atoms. The highest BCUT2D eigenvalue weighted by Crippen LogP contribution is 2.28. The number of anilines is 2. The van der Waals surface area contributed by atoms with E-state index in [0.29, 0.717) is 27.5 Å². The van der Waals surface area contributed by atoms with Crippen LogP contribution < -0.4 is 10.6 Å². The largest absolute Gasteiger partial charge is 0.444 e. The number of hydrogen-bond donors (Lipinski definition) is 2. The molecule has 0 atom stereocenters. The Bertz CT molecular complexity index is 1030. The lowest BCUT2D eigenvalue weighted by Gasteiger charge is -2.20. The van der Waals surface area contributed by atoms with Crippen molar-refractivity contribution in [3.63, 3.8) is 0 Å². The van der Waals surface area contributed by atoms with E-state index in [-0.39, 0.29) is 5.91 Å². The average molecular weight is 439 g/mol. The van der Waals surface area contributed by atoms with Gasteiger partial charge in [-0.3, -0.25) is 10.1 Å². The fourth-order valence-corrected chi connectivity index (χ4v) is 2.97. The van der Waals surface area contributed by atoms with E-state index >= 15 is 0 Å². The third kappa shape index (κ3) is 7.15. The second-order valence-electron chi connectivity index (χ2n) is 7.67. The monoisotopic (exact) mass is 438 g/mol. The minimum atomic E-state index is -0.638. The van der Waals surface area contributed by atoms with Crippen molar-refractivity contribution in [1.82, 2.24) is 0 Å². The van der Waals surface area contributed by atoms with Crippen molar-refractivity contribution in [2.45, 2.75) is 33.3 Å². The molecule has 0 fully saturated rings. The standard InChI is InChI=1S/C25H27ClN2O3/c1-6-10-17(11-7-2)20-16-18(26)14-15-19(20)23(29)27-21-12-8-9-13-22(21)28-24(30)31-25(3,4)5/h6-16H,1H2,2-5H3,(H,27,29)(H,28,30)/b11-7-,17-10+. The minimum Gasteiger partial charge on any atom is -0.444 e. The highest BCUT2D eigenvalue weighted by molar-refractivity contribution is 6.31. The molecule has 0 aliphatic heterocycles. The van der Waals surface area contributed by atoms with Gasteiger partial charge in [0.1, 0.15) is 5.60 Å². The van der Waals surface area contributed by atoms with E-state index in [4.69, 9.17) is 16.3 Å². The van der Waals surface area contributed by atoms with E-state index in [9.17, 15) is 9.59 Å². The summed E-state index contributed by atoms with van der Waals surface area (Å²) in [4.78, 5) is 25.3. The number of carbonyl (C=O) groups excluding carboxylic acids is 2. The molecular weight excluding hydrogens is 412 g/mol. The normalized spacial score (nSPS) is 11.8. The van der Waals surface area contributed by atoms with Crippen molar-refractivity contribution in [3.05, 3.63) is 89.5 Å². The SMILES string of the molecule is C=C/C=C(\C=C/C)c1cc(Cl)ccc1C(=O)Nc1ccccc1NC(=O)OC(C)(C)C. The smallest absolute Gasteiger partial charge is 0.412 e. The van der Waals surface area contributed by atoms with Crippen LogP contribution >= 0.6 is 11.6 Å². The fraction of sp³-hybridized carbons (Fsp3) is 0.200. The average Bonchev–Trinajstić information content (AvgIpc) is 2.67. The summed E-state index contributed by atoms with van der Waals surface area (Å²) in [6.07, 6.45) is 6.60. The van der Waals surface area contributed by atoms with Crippen LogP contribution in [0.25, 0.3) is 5.57 Å². The topological polar surface area (TPSA) is 67.4 Å². The number of ether oxygens (including phenoxy) is 1. The van der Waals surface area contributed by atoms with Crippen LogP contribution in [0.5, 0.6) is 0 Å². The molecule has 0 saturated carbocycles. The molecule has 2 aromatic carbocycles. The number of carbonyl (C=O) groups is 2. The van der Waals surface area contributed by atoms with Crippen molar-refractivity contribution in [2.75, 3.05) is 10.6 Å². The van der Waals surface area contributed by atoms with Crippen LogP contribution in [0.1, 0.15) is 43.6 Å². The molecule has 0 aromatic heterocycles. The van der Waals surface area contributed by atoms with Crippen molar-refractivity contribution in [3.8, 4) is 0 Å². The van der Waals surface area contributed by atoms with Gasteiger partial charge in [0, 0.05) is 10.6 Å². The Hall–Kier alpha value is -3.31. The second-order valence-corrected chi connectivity index (χ2v) is 8.11. The number of rotatable bonds is 6. The molecule has 0 spiro atoms. The fourth-order valence-electron chi connectivity index (χ4n) is 2.80. The summed E-state index contributed by atoms with van der Waals surface area (Å²) in [5, 5.41) is 6.05. The summed E-state index contributed by atoms with van der Waals surface area (Å²) in [7, 11) is 0. The number of halogens is 1. The van der Waals surface area contributed by atoms with Gasteiger partial charge in [-0.15, -0.1) is 0 Å². The number of allylic oxidation sites excluding steroid dienone is 5. The predicted octanol–water partition coefficient (Wildman–Crippen LogP) is 7.08. The van der Waals surface area contributed by atoms with Gasteiger partial charge >= 0.3 is 6.09 Å². The molecule has 0 saturated heterocycles. The van der Waals surface area contributed by atoms with Crippen molar-refractivity contribution < 1.29 is 14.3 Å². The van der Waals surface area contributed by atoms with Crippen molar-refractivity contribution in [1.29, 1.82) is 0 Å². The molecule has 2 amide bonds. The van der Waals surface area contributed by atoms with Crippen LogP contribution in [-0.2, 0) is 4.74 Å². The highest BCUT2D eigenvalue weighted by Gasteiger charge is 2.19. The Morgan fingerprint density at radius 2 is 1.68 bits per heavy atom. The van der Waals surface area contributed by atoms with Gasteiger partial charge in [-0.05, 0) is 69.2 Å². The zero-order valence-electron chi connectivity index (χ0n) is 18.2. The van der Waals surface area contributed by atoms with Gasteiger partial charge in [0.15, 0.2) is 0 Å². The number of amides is 2. The van der Waals surface area contributed by atoms with Crippen LogP contribution in [0.4, 0.5) is 16.2 Å². The Kier molecular flexibility index (Phi) is 8.22. The van der Waals surface area contributed by atoms with Gasteiger partial charge in [-0.25, -0.2) is 4.79 Å². The maximum atomic E-state index is 13.2. The summed E-state index contributed by atoms with van der Waals surface area (Å²) >= 11 is 6.19. The summed E-state index contributed by atoms with van der Waals surface area (Å²) in [5.41, 5.74) is 2.13. The van der Waals surface area contributed by atoms with Gasteiger partial charge < -0.3 is 10.1 Å². The van der Waals surface area contributed by atoms with Crippen molar-refractivity contribution >= 4 is 40.5 Å². The second kappa shape index (κ2) is 10.6. The van der Waals surface area contributed by atoms with E-state index in [1.807, 2.05) is 19.1 Å². The van der Waals surface area contributed by atoms with Crippen molar-refractivity contribution in [2.24, 2.45) is 0 Å². The summed E-state index contributed by atoms with van der Waals surface area (Å²) in [6.45, 7) is 11.0. The first kappa shape index (κ1) is 24.0. The molecule has 2 rings (SSSR count). The van der Waals surface area contributed by atoms with Crippen LogP contribution in [0, 0.1) is 0 Å². The zero-order chi connectivity index (χ0) is 23.0. The highest BCUT2D eigenvalue weighted by atomic mass is 35.5. The van der Waals surface area contributed by atoms with Crippen LogP contribution in [0.3, 0.4) is 0 Å². The lowest BCUT2D eigenvalue weighted by atomic mass is 9.98. The predicted molar refractivity (Wildman–Crippen MR) is 129 cm³/mol. The number of nitrogens with one attached hydrogen (secondary N) is 2. The minimum absolute atomic E-state index is 0.343. The van der Waals surface area contributed by atoms with Gasteiger partial charge in [-0.1, -0.05) is 54.6 Å². The summed E-state index contributed by atoms with van der Waals surface area (Å²) in [6, 6.07) is 12.0. The molecular formula is C25H27ClN2O3. The Morgan fingerprint density at radius 3 is 2.26 bits per heavy atom. The lowest BCUT2D eigenvalue weighted by Crippen LogP contribution is -2.27. The van der Waals surface area contributed by atoms with Gasteiger partial charge in [0.05, 0.1) is 11.4 Å². The van der Waals surface area contributed by atoms with E-state index in [1.54, 1.807) is 75.4 Å². The number of hydrogen-bond acceptors (Lipinski definition) is 3. The molecule has 0 bridgehead atoms. The lowest BCUT2D eigenvalue weighted by molar-refractivity contribution is 0.0635. The molecule has 5 nitrogen and oxygen atoms in total. The van der Waals surface area contributed by atoms with Gasteiger partial charge in [0.2, 0.25) is 0 Å². The zero-order valence-corrected chi connectivity index (χ0v) is 18.9. The molecule has 0 radical (unpaired) electrons. The van der Waals surface area contributed by atoms with Crippen LogP contribution in [-0.4, -0.2) is 17.6 Å². The molecule has 0 heterocycles. The summed E-state index contributed by atoms with van der Waals surface area (Å²) < 4.78 is 5.30. The summed E-state index contributed by atoms with van der Waals surface area (Å²) in [5.74, 6) is -0.343. The Balaban J connectivity index is 2.36. The first-order valence-corrected chi connectivity index (χ1v) is 10.2. The van der Waals surface area contributed by atoms with E-state index < -0.39 is 11.7 Å². The molecule has 2 N–H and O–H groups in total. The molecule has 6 heteroatoms. The molecule has 0 aliphatic carbocycles. The molecule has 0 aliphatic rings. The van der Waals surface area contributed by atoms with E-state index in [0.717, 1.165) is 5.57 Å². The maximum Gasteiger partial charge on any atom is 0.412 e. The van der Waals surface area contributed by atoms with E-state index in [1.165, 1.54) is 0 Å².